The molecule has 6 heteroatoms. The van der Waals surface area contributed by atoms with Gasteiger partial charge in [0.1, 0.15) is 5.01 Å². The van der Waals surface area contributed by atoms with E-state index in [0.29, 0.717) is 5.01 Å². The van der Waals surface area contributed by atoms with Crippen molar-refractivity contribution in [3.05, 3.63) is 29.4 Å². The Morgan fingerprint density at radius 1 is 1.35 bits per heavy atom. The number of carbonyl (C=O) groups is 1. The van der Waals surface area contributed by atoms with Crippen LogP contribution in [0.3, 0.4) is 0 Å². The number of hydrogen-bond donors (Lipinski definition) is 1. The molecule has 2 aromatic heterocycles. The molecule has 0 spiro atoms. The Balaban J connectivity index is 2.41. The normalized spacial score (nSPS) is 10.2. The monoisotopic (exact) mass is 249 g/mol. The van der Waals surface area contributed by atoms with Gasteiger partial charge < -0.3 is 10.0 Å². The Kier molecular flexibility index (Phi) is 3.06. The van der Waals surface area contributed by atoms with Crippen LogP contribution in [0, 0.1) is 0 Å². The van der Waals surface area contributed by atoms with E-state index in [4.69, 9.17) is 0 Å². The first-order valence-electron chi connectivity index (χ1n) is 4.91. The van der Waals surface area contributed by atoms with Gasteiger partial charge in [0.2, 0.25) is 5.88 Å². The minimum Gasteiger partial charge on any atom is -0.492 e. The maximum Gasteiger partial charge on any atom is 0.269 e. The molecule has 0 fully saturated rings. The van der Waals surface area contributed by atoms with Gasteiger partial charge in [0.15, 0.2) is 4.88 Å². The Hall–Kier alpha value is -1.95. The van der Waals surface area contributed by atoms with Crippen molar-refractivity contribution in [2.75, 3.05) is 14.1 Å². The fraction of sp³-hybridized carbons (Fsp3) is 0.182. The van der Waals surface area contributed by atoms with Crippen LogP contribution in [-0.2, 0) is 0 Å². The maximum atomic E-state index is 11.7. The highest BCUT2D eigenvalue weighted by Crippen LogP contribution is 2.31. The predicted octanol–water partition coefficient (Wildman–Crippen LogP) is 1.61. The van der Waals surface area contributed by atoms with E-state index in [1.165, 1.54) is 16.2 Å². The van der Waals surface area contributed by atoms with Crippen molar-refractivity contribution in [1.29, 1.82) is 0 Å². The van der Waals surface area contributed by atoms with Gasteiger partial charge >= 0.3 is 0 Å². The Labute approximate surface area is 102 Å². The molecule has 17 heavy (non-hydrogen) atoms. The Bertz CT molecular complexity index is 537. The van der Waals surface area contributed by atoms with E-state index in [0.717, 1.165) is 5.56 Å². The van der Waals surface area contributed by atoms with Gasteiger partial charge in [0.25, 0.3) is 5.91 Å². The number of hydrogen-bond acceptors (Lipinski definition) is 5. The SMILES string of the molecule is CN(C)C(=O)c1sc(-c2ccncc2)nc1O. The van der Waals surface area contributed by atoms with E-state index in [-0.39, 0.29) is 16.7 Å². The molecule has 0 atom stereocenters. The molecule has 1 amide bonds. The average molecular weight is 249 g/mol. The average Bonchev–Trinajstić information content (AvgIpc) is 2.71. The lowest BCUT2D eigenvalue weighted by Gasteiger charge is -2.07. The molecule has 2 aromatic rings. The summed E-state index contributed by atoms with van der Waals surface area (Å²) < 4.78 is 0. The zero-order valence-corrected chi connectivity index (χ0v) is 10.2. The molecule has 0 aromatic carbocycles. The van der Waals surface area contributed by atoms with Gasteiger partial charge in [0.05, 0.1) is 0 Å². The van der Waals surface area contributed by atoms with Gasteiger partial charge in [-0.3, -0.25) is 9.78 Å². The van der Waals surface area contributed by atoms with Crippen LogP contribution in [0.2, 0.25) is 0 Å². The number of rotatable bonds is 2. The Morgan fingerprint density at radius 3 is 2.59 bits per heavy atom. The molecule has 0 aliphatic heterocycles. The summed E-state index contributed by atoms with van der Waals surface area (Å²) in [5.41, 5.74) is 0.832. The smallest absolute Gasteiger partial charge is 0.269 e. The summed E-state index contributed by atoms with van der Waals surface area (Å²) in [5.74, 6) is -0.471. The van der Waals surface area contributed by atoms with Gasteiger partial charge in [0, 0.05) is 32.1 Å². The second-order valence-electron chi connectivity index (χ2n) is 3.61. The standard InChI is InChI=1S/C11H11N3O2S/c1-14(2)11(16)8-9(15)13-10(17-8)7-3-5-12-6-4-7/h3-6,15H,1-2H3. The van der Waals surface area contributed by atoms with Crippen molar-refractivity contribution in [3.8, 4) is 16.5 Å². The predicted molar refractivity (Wildman–Crippen MR) is 65.0 cm³/mol. The van der Waals surface area contributed by atoms with Crippen LogP contribution >= 0.6 is 11.3 Å². The van der Waals surface area contributed by atoms with Gasteiger partial charge in [-0.25, -0.2) is 4.98 Å². The first kappa shape index (κ1) is 11.5. The number of pyridine rings is 1. The number of carbonyl (C=O) groups excluding carboxylic acids is 1. The fourth-order valence-electron chi connectivity index (χ4n) is 1.27. The van der Waals surface area contributed by atoms with Crippen LogP contribution < -0.4 is 0 Å². The highest BCUT2D eigenvalue weighted by Gasteiger charge is 2.19. The summed E-state index contributed by atoms with van der Waals surface area (Å²) in [7, 11) is 3.27. The van der Waals surface area contributed by atoms with Crippen molar-refractivity contribution < 1.29 is 9.90 Å². The summed E-state index contributed by atoms with van der Waals surface area (Å²) in [6.45, 7) is 0. The maximum absolute atomic E-state index is 11.7. The zero-order valence-electron chi connectivity index (χ0n) is 9.41. The second kappa shape index (κ2) is 4.50. The number of amides is 1. The molecule has 5 nitrogen and oxygen atoms in total. The van der Waals surface area contributed by atoms with Gasteiger partial charge in [-0.05, 0) is 12.1 Å². The lowest BCUT2D eigenvalue weighted by Crippen LogP contribution is -2.20. The third kappa shape index (κ3) is 2.26. The van der Waals surface area contributed by atoms with Crippen molar-refractivity contribution >= 4 is 17.2 Å². The van der Waals surface area contributed by atoms with Crippen molar-refractivity contribution in [2.24, 2.45) is 0 Å². The van der Waals surface area contributed by atoms with Crippen LogP contribution in [0.25, 0.3) is 10.6 Å². The Morgan fingerprint density at radius 2 is 2.00 bits per heavy atom. The van der Waals surface area contributed by atoms with Crippen molar-refractivity contribution in [3.63, 3.8) is 0 Å². The van der Waals surface area contributed by atoms with E-state index < -0.39 is 0 Å². The fourth-order valence-corrected chi connectivity index (χ4v) is 2.26. The number of thiazole rings is 1. The minimum absolute atomic E-state index is 0.222. The molecule has 88 valence electrons. The quantitative estimate of drug-likeness (QED) is 0.878. The van der Waals surface area contributed by atoms with E-state index in [9.17, 15) is 9.90 Å². The molecule has 2 rings (SSSR count). The van der Waals surface area contributed by atoms with Gasteiger partial charge in [-0.1, -0.05) is 0 Å². The molecule has 0 aliphatic carbocycles. The molecule has 0 aliphatic rings. The summed E-state index contributed by atoms with van der Waals surface area (Å²) in [6.07, 6.45) is 3.28. The van der Waals surface area contributed by atoms with E-state index in [2.05, 4.69) is 9.97 Å². The van der Waals surface area contributed by atoms with E-state index in [1.807, 2.05) is 0 Å². The summed E-state index contributed by atoms with van der Waals surface area (Å²) in [5, 5.41) is 10.3. The highest BCUT2D eigenvalue weighted by atomic mass is 32.1. The third-order valence-electron chi connectivity index (χ3n) is 2.14. The first-order valence-corrected chi connectivity index (χ1v) is 5.73. The molecule has 0 radical (unpaired) electrons. The lowest BCUT2D eigenvalue weighted by molar-refractivity contribution is 0.0829. The number of aromatic nitrogens is 2. The molecule has 0 saturated heterocycles. The van der Waals surface area contributed by atoms with Crippen LogP contribution in [-0.4, -0.2) is 40.0 Å². The largest absolute Gasteiger partial charge is 0.492 e. The van der Waals surface area contributed by atoms with Crippen LogP contribution in [0.1, 0.15) is 9.67 Å². The van der Waals surface area contributed by atoms with Crippen molar-refractivity contribution in [2.45, 2.75) is 0 Å². The topological polar surface area (TPSA) is 66.3 Å². The summed E-state index contributed by atoms with van der Waals surface area (Å²) in [6, 6.07) is 3.56. The first-order chi connectivity index (χ1) is 8.09. The molecule has 0 unspecified atom stereocenters. The molecule has 0 saturated carbocycles. The van der Waals surface area contributed by atoms with Crippen LogP contribution in [0.15, 0.2) is 24.5 Å². The lowest BCUT2D eigenvalue weighted by atomic mass is 10.3. The summed E-state index contributed by atoms with van der Waals surface area (Å²) >= 11 is 1.17. The molecular formula is C11H11N3O2S. The minimum atomic E-state index is -0.250. The molecular weight excluding hydrogens is 238 g/mol. The van der Waals surface area contributed by atoms with Crippen molar-refractivity contribution in [1.82, 2.24) is 14.9 Å². The molecule has 1 N–H and O–H groups in total. The second-order valence-corrected chi connectivity index (χ2v) is 4.61. The molecule has 2 heterocycles. The highest BCUT2D eigenvalue weighted by molar-refractivity contribution is 7.17. The zero-order chi connectivity index (χ0) is 12.4. The van der Waals surface area contributed by atoms with E-state index in [1.54, 1.807) is 38.6 Å². The van der Waals surface area contributed by atoms with E-state index >= 15 is 0 Å². The summed E-state index contributed by atoms with van der Waals surface area (Å²) in [4.78, 5) is 21.3. The molecule has 0 bridgehead atoms. The van der Waals surface area contributed by atoms with Gasteiger partial charge in [-0.15, -0.1) is 11.3 Å². The third-order valence-corrected chi connectivity index (χ3v) is 3.22. The van der Waals surface area contributed by atoms with Crippen LogP contribution in [0.5, 0.6) is 5.88 Å². The number of nitrogens with zero attached hydrogens (tertiary/aromatic N) is 3. The number of aromatic hydroxyl groups is 1. The van der Waals surface area contributed by atoms with Gasteiger partial charge in [-0.2, -0.15) is 0 Å². The van der Waals surface area contributed by atoms with Crippen LogP contribution in [0.4, 0.5) is 0 Å².